The zero-order valence-corrected chi connectivity index (χ0v) is 14.2. The van der Waals surface area contributed by atoms with E-state index in [0.29, 0.717) is 16.8 Å². The van der Waals surface area contributed by atoms with Gasteiger partial charge in [0.2, 0.25) is 0 Å². The van der Waals surface area contributed by atoms with Gasteiger partial charge in [-0.15, -0.1) is 0 Å². The third-order valence-electron chi connectivity index (χ3n) is 3.57. The van der Waals surface area contributed by atoms with Crippen LogP contribution in [0.2, 0.25) is 0 Å². The molecule has 2 amide bonds. The Labute approximate surface area is 140 Å². The summed E-state index contributed by atoms with van der Waals surface area (Å²) in [4.78, 5) is 24.3. The molecule has 0 saturated heterocycles. The highest BCUT2D eigenvalue weighted by atomic mass is 16.5. The zero-order chi connectivity index (χ0) is 17.9. The average Bonchev–Trinajstić information content (AvgIpc) is 2.52. The second-order valence-corrected chi connectivity index (χ2v) is 5.99. The van der Waals surface area contributed by atoms with E-state index < -0.39 is 18.0 Å². The second kappa shape index (κ2) is 7.25. The molecule has 0 radical (unpaired) electrons. The van der Waals surface area contributed by atoms with Crippen molar-refractivity contribution in [2.75, 3.05) is 13.7 Å². The third kappa shape index (κ3) is 3.79. The van der Waals surface area contributed by atoms with Crippen molar-refractivity contribution >= 4 is 12.0 Å². The van der Waals surface area contributed by atoms with Crippen LogP contribution < -0.4 is 15.4 Å². The molecule has 0 unspecified atom stereocenters. The minimum atomic E-state index is -0.687. The lowest BCUT2D eigenvalue weighted by molar-refractivity contribution is -0.140. The van der Waals surface area contributed by atoms with Crippen molar-refractivity contribution in [2.24, 2.45) is 5.92 Å². The van der Waals surface area contributed by atoms with Crippen LogP contribution in [0.25, 0.3) is 0 Å². The van der Waals surface area contributed by atoms with Crippen LogP contribution in [0.5, 0.6) is 11.5 Å². The number of nitrogens with one attached hydrogen (secondary N) is 2. The van der Waals surface area contributed by atoms with Crippen LogP contribution in [0.15, 0.2) is 29.5 Å². The molecule has 0 bridgehead atoms. The number of carbonyl (C=O) groups excluding carboxylic acids is 2. The molecule has 1 heterocycles. The molecule has 7 nitrogen and oxygen atoms in total. The first-order chi connectivity index (χ1) is 11.3. The maximum absolute atomic E-state index is 12.5. The number of amides is 2. The van der Waals surface area contributed by atoms with E-state index in [1.54, 1.807) is 19.1 Å². The molecule has 0 saturated carbocycles. The molecule has 7 heteroatoms. The quantitative estimate of drug-likeness (QED) is 0.718. The predicted molar refractivity (Wildman–Crippen MR) is 87.6 cm³/mol. The molecular formula is C17H22N2O5. The lowest BCUT2D eigenvalue weighted by atomic mass is 9.95. The SMILES string of the molecule is COc1cc([C@H]2NC(=O)NC(C)=C2C(=O)OCC(C)C)ccc1O. The summed E-state index contributed by atoms with van der Waals surface area (Å²) in [5.74, 6) is -0.0575. The standard InChI is InChI=1S/C17H22N2O5/c1-9(2)8-24-16(21)14-10(3)18-17(22)19-15(14)11-5-6-12(20)13(7-11)23-4/h5-7,9,15,20H,8H2,1-4H3,(H2,18,19,22)/t15-/m1/s1. The van der Waals surface area contributed by atoms with Crippen LogP contribution >= 0.6 is 0 Å². The minimum Gasteiger partial charge on any atom is -0.504 e. The number of allylic oxidation sites excluding steroid dienone is 1. The molecule has 1 aromatic rings. The van der Waals surface area contributed by atoms with Gasteiger partial charge in [-0.2, -0.15) is 0 Å². The first kappa shape index (κ1) is 17.7. The molecule has 130 valence electrons. The van der Waals surface area contributed by atoms with Gasteiger partial charge in [0.05, 0.1) is 25.3 Å². The van der Waals surface area contributed by atoms with Crippen LogP contribution in [0, 0.1) is 5.92 Å². The van der Waals surface area contributed by atoms with Crippen LogP contribution in [-0.4, -0.2) is 30.8 Å². The number of aromatic hydroxyl groups is 1. The molecule has 0 aliphatic carbocycles. The molecule has 1 atom stereocenters. The summed E-state index contributed by atoms with van der Waals surface area (Å²) in [5.41, 5.74) is 1.36. The van der Waals surface area contributed by atoms with Gasteiger partial charge in [-0.05, 0) is 30.5 Å². The molecule has 0 fully saturated rings. The van der Waals surface area contributed by atoms with Crippen molar-refractivity contribution in [2.45, 2.75) is 26.8 Å². The van der Waals surface area contributed by atoms with E-state index in [1.165, 1.54) is 13.2 Å². The Hall–Kier alpha value is -2.70. The fourth-order valence-corrected chi connectivity index (χ4v) is 2.41. The number of phenolic OH excluding ortho intramolecular Hbond substituents is 1. The van der Waals surface area contributed by atoms with E-state index in [0.717, 1.165) is 0 Å². The van der Waals surface area contributed by atoms with Crippen LogP contribution in [0.4, 0.5) is 4.79 Å². The highest BCUT2D eigenvalue weighted by Gasteiger charge is 2.32. The van der Waals surface area contributed by atoms with E-state index in [4.69, 9.17) is 9.47 Å². The van der Waals surface area contributed by atoms with Gasteiger partial charge in [-0.1, -0.05) is 19.9 Å². The Morgan fingerprint density at radius 1 is 1.38 bits per heavy atom. The highest BCUT2D eigenvalue weighted by Crippen LogP contribution is 2.33. The summed E-state index contributed by atoms with van der Waals surface area (Å²) in [6.07, 6.45) is 0. The monoisotopic (exact) mass is 334 g/mol. The second-order valence-electron chi connectivity index (χ2n) is 5.99. The number of esters is 1. The number of urea groups is 1. The molecule has 1 aromatic carbocycles. The summed E-state index contributed by atoms with van der Waals surface area (Å²) in [5, 5.41) is 15.0. The fraction of sp³-hybridized carbons (Fsp3) is 0.412. The van der Waals surface area contributed by atoms with Crippen molar-refractivity contribution in [1.29, 1.82) is 0 Å². The number of phenols is 1. The maximum atomic E-state index is 12.5. The molecular weight excluding hydrogens is 312 g/mol. The van der Waals surface area contributed by atoms with Gasteiger partial charge in [-0.25, -0.2) is 9.59 Å². The van der Waals surface area contributed by atoms with Gasteiger partial charge < -0.3 is 25.2 Å². The van der Waals surface area contributed by atoms with Crippen LogP contribution in [-0.2, 0) is 9.53 Å². The van der Waals surface area contributed by atoms with E-state index >= 15 is 0 Å². The smallest absolute Gasteiger partial charge is 0.338 e. The van der Waals surface area contributed by atoms with Crippen molar-refractivity contribution in [3.8, 4) is 11.5 Å². The van der Waals surface area contributed by atoms with Crippen LogP contribution in [0.1, 0.15) is 32.4 Å². The molecule has 0 aromatic heterocycles. The van der Waals surface area contributed by atoms with Gasteiger partial charge >= 0.3 is 12.0 Å². The van der Waals surface area contributed by atoms with Gasteiger partial charge in [0.15, 0.2) is 11.5 Å². The topological polar surface area (TPSA) is 96.9 Å². The Morgan fingerprint density at radius 2 is 2.08 bits per heavy atom. The number of carbonyl (C=O) groups is 2. The largest absolute Gasteiger partial charge is 0.504 e. The molecule has 0 spiro atoms. The first-order valence-electron chi connectivity index (χ1n) is 7.65. The minimum absolute atomic E-state index is 0.0221. The third-order valence-corrected chi connectivity index (χ3v) is 3.57. The van der Waals surface area contributed by atoms with Crippen molar-refractivity contribution < 1.29 is 24.2 Å². The number of ether oxygens (including phenoxy) is 2. The van der Waals surface area contributed by atoms with E-state index in [2.05, 4.69) is 10.6 Å². The maximum Gasteiger partial charge on any atom is 0.338 e. The summed E-state index contributed by atoms with van der Waals surface area (Å²) in [6.45, 7) is 5.82. The Balaban J connectivity index is 2.39. The van der Waals surface area contributed by atoms with Gasteiger partial charge in [0.25, 0.3) is 0 Å². The molecule has 2 rings (SSSR count). The molecule has 1 aliphatic rings. The first-order valence-corrected chi connectivity index (χ1v) is 7.65. The lowest BCUT2D eigenvalue weighted by Crippen LogP contribution is -2.45. The number of rotatable bonds is 5. The average molecular weight is 334 g/mol. The van der Waals surface area contributed by atoms with Crippen molar-refractivity contribution in [3.05, 3.63) is 35.0 Å². The number of benzene rings is 1. The Morgan fingerprint density at radius 3 is 2.71 bits per heavy atom. The zero-order valence-electron chi connectivity index (χ0n) is 14.2. The summed E-state index contributed by atoms with van der Waals surface area (Å²) >= 11 is 0. The number of hydrogen-bond acceptors (Lipinski definition) is 5. The molecule has 3 N–H and O–H groups in total. The van der Waals surface area contributed by atoms with E-state index in [9.17, 15) is 14.7 Å². The van der Waals surface area contributed by atoms with E-state index in [1.807, 2.05) is 13.8 Å². The predicted octanol–water partition coefficient (Wildman–Crippen LogP) is 2.23. The summed E-state index contributed by atoms with van der Waals surface area (Å²) in [6, 6.07) is 3.55. The van der Waals surface area contributed by atoms with Gasteiger partial charge in [0.1, 0.15) is 0 Å². The van der Waals surface area contributed by atoms with Gasteiger partial charge in [-0.3, -0.25) is 0 Å². The van der Waals surface area contributed by atoms with E-state index in [-0.39, 0.29) is 24.0 Å². The Bertz CT molecular complexity index is 682. The van der Waals surface area contributed by atoms with Crippen molar-refractivity contribution in [3.63, 3.8) is 0 Å². The molecule has 1 aliphatic heterocycles. The highest BCUT2D eigenvalue weighted by molar-refractivity contribution is 5.95. The Kier molecular flexibility index (Phi) is 5.33. The number of hydrogen-bond donors (Lipinski definition) is 3. The van der Waals surface area contributed by atoms with Gasteiger partial charge in [0, 0.05) is 5.70 Å². The van der Waals surface area contributed by atoms with Crippen molar-refractivity contribution in [1.82, 2.24) is 10.6 Å². The summed E-state index contributed by atoms with van der Waals surface area (Å²) < 4.78 is 10.4. The fourth-order valence-electron chi connectivity index (χ4n) is 2.41. The lowest BCUT2D eigenvalue weighted by Gasteiger charge is -2.28. The molecule has 24 heavy (non-hydrogen) atoms. The normalized spacial score (nSPS) is 17.4. The number of methoxy groups -OCH3 is 1. The van der Waals surface area contributed by atoms with Crippen LogP contribution in [0.3, 0.4) is 0 Å². The summed E-state index contributed by atoms with van der Waals surface area (Å²) in [7, 11) is 1.43.